The van der Waals surface area contributed by atoms with Crippen LogP contribution >= 0.6 is 11.3 Å². The van der Waals surface area contributed by atoms with E-state index in [0.717, 1.165) is 31.9 Å². The molecule has 3 aromatic heterocycles. The Morgan fingerprint density at radius 2 is 1.74 bits per heavy atom. The number of nitrogens with two attached hydrogens (primary N) is 1. The van der Waals surface area contributed by atoms with Crippen molar-refractivity contribution in [1.29, 1.82) is 0 Å². The second-order valence-corrected chi connectivity index (χ2v) is 7.09. The van der Waals surface area contributed by atoms with Gasteiger partial charge in [-0.2, -0.15) is 0 Å². The summed E-state index contributed by atoms with van der Waals surface area (Å²) in [5.41, 5.74) is 9.73. The van der Waals surface area contributed by atoms with Crippen LogP contribution in [0.25, 0.3) is 32.4 Å². The molecule has 27 heavy (non-hydrogen) atoms. The Morgan fingerprint density at radius 3 is 2.48 bits per heavy atom. The highest BCUT2D eigenvalue weighted by Gasteiger charge is 2.20. The summed E-state index contributed by atoms with van der Waals surface area (Å²) in [5, 5.41) is 9.28. The van der Waals surface area contributed by atoms with Crippen molar-refractivity contribution in [2.24, 2.45) is 0 Å². The third-order valence-corrected chi connectivity index (χ3v) is 5.36. The molecule has 4 rings (SSSR count). The van der Waals surface area contributed by atoms with E-state index in [9.17, 15) is 0 Å². The second kappa shape index (κ2) is 6.55. The van der Waals surface area contributed by atoms with Crippen molar-refractivity contribution >= 4 is 27.2 Å². The molecule has 2 N–H and O–H groups in total. The molecular weight excluding hydrogens is 364 g/mol. The number of aryl methyl sites for hydroxylation is 2. The molecule has 0 atom stereocenters. The molecule has 0 fully saturated rings. The molecule has 0 aliphatic rings. The van der Waals surface area contributed by atoms with Gasteiger partial charge in [0.1, 0.15) is 9.71 Å². The molecule has 0 amide bonds. The number of methoxy groups -OCH3 is 2. The number of rotatable bonds is 4. The van der Waals surface area contributed by atoms with Crippen molar-refractivity contribution in [2.75, 3.05) is 20.0 Å². The van der Waals surface area contributed by atoms with Gasteiger partial charge in [0, 0.05) is 16.6 Å². The lowest BCUT2D eigenvalue weighted by atomic mass is 10.1. The number of hydrogen-bond donors (Lipinski definition) is 1. The van der Waals surface area contributed by atoms with Gasteiger partial charge in [-0.3, -0.25) is 0 Å². The minimum atomic E-state index is 0.373. The van der Waals surface area contributed by atoms with Crippen LogP contribution in [-0.4, -0.2) is 29.4 Å². The minimum absolute atomic E-state index is 0.373. The smallest absolute Gasteiger partial charge is 0.260 e. The van der Waals surface area contributed by atoms with Crippen LogP contribution in [0.2, 0.25) is 0 Å². The van der Waals surface area contributed by atoms with E-state index < -0.39 is 0 Å². The number of ether oxygens (including phenoxy) is 2. The van der Waals surface area contributed by atoms with E-state index in [1.54, 1.807) is 26.4 Å². The van der Waals surface area contributed by atoms with Gasteiger partial charge in [0.2, 0.25) is 5.89 Å². The van der Waals surface area contributed by atoms with Crippen molar-refractivity contribution in [3.63, 3.8) is 0 Å². The van der Waals surface area contributed by atoms with Crippen molar-refractivity contribution in [3.8, 4) is 33.7 Å². The average molecular weight is 382 g/mol. The van der Waals surface area contributed by atoms with Crippen LogP contribution in [0.15, 0.2) is 28.7 Å². The van der Waals surface area contributed by atoms with E-state index in [0.29, 0.717) is 29.0 Å². The van der Waals surface area contributed by atoms with Gasteiger partial charge in [-0.25, -0.2) is 4.98 Å². The Balaban J connectivity index is 1.78. The lowest BCUT2D eigenvalue weighted by Crippen LogP contribution is -1.90. The Labute approximate surface area is 159 Å². The molecule has 0 saturated carbocycles. The lowest BCUT2D eigenvalue weighted by Gasteiger charge is -2.07. The van der Waals surface area contributed by atoms with Gasteiger partial charge >= 0.3 is 0 Å². The topological polar surface area (TPSA) is 96.3 Å². The number of nitrogens with zero attached hydrogens (tertiary/aromatic N) is 3. The van der Waals surface area contributed by atoms with Crippen LogP contribution in [0, 0.1) is 13.8 Å². The number of benzene rings is 1. The first-order valence-electron chi connectivity index (χ1n) is 8.24. The summed E-state index contributed by atoms with van der Waals surface area (Å²) < 4.78 is 16.5. The summed E-state index contributed by atoms with van der Waals surface area (Å²) in [6, 6.07) is 7.43. The largest absolute Gasteiger partial charge is 0.493 e. The van der Waals surface area contributed by atoms with E-state index in [-0.39, 0.29) is 0 Å². The molecule has 4 aromatic rings. The van der Waals surface area contributed by atoms with Gasteiger partial charge < -0.3 is 19.6 Å². The quantitative estimate of drug-likeness (QED) is 0.564. The Hall–Kier alpha value is -3.13. The van der Waals surface area contributed by atoms with Gasteiger partial charge in [-0.15, -0.1) is 21.5 Å². The van der Waals surface area contributed by atoms with Crippen molar-refractivity contribution in [2.45, 2.75) is 13.8 Å². The Bertz CT molecular complexity index is 1150. The number of pyridine rings is 1. The standard InChI is InChI=1S/C19H18N4O3S/c1-9-7-10(2)21-19-14(9)15(20)16(27-19)18-23-22-17(26-18)11-5-6-12(24-3)13(8-11)25-4/h5-8H,20H2,1-4H3. The summed E-state index contributed by atoms with van der Waals surface area (Å²) in [7, 11) is 3.17. The van der Waals surface area contributed by atoms with Crippen LogP contribution in [0.4, 0.5) is 5.69 Å². The Morgan fingerprint density at radius 1 is 1.00 bits per heavy atom. The number of anilines is 1. The summed E-state index contributed by atoms with van der Waals surface area (Å²) in [6.45, 7) is 3.98. The zero-order valence-electron chi connectivity index (χ0n) is 15.4. The third-order valence-electron chi connectivity index (χ3n) is 4.27. The predicted octanol–water partition coefficient (Wildman–Crippen LogP) is 4.23. The van der Waals surface area contributed by atoms with E-state index >= 15 is 0 Å². The molecule has 0 aliphatic heterocycles. The highest BCUT2D eigenvalue weighted by Crippen LogP contribution is 2.42. The minimum Gasteiger partial charge on any atom is -0.493 e. The second-order valence-electron chi connectivity index (χ2n) is 6.09. The van der Waals surface area contributed by atoms with E-state index in [4.69, 9.17) is 19.6 Å². The first-order chi connectivity index (χ1) is 13.0. The molecule has 0 aliphatic carbocycles. The maximum atomic E-state index is 6.36. The first-order valence-corrected chi connectivity index (χ1v) is 9.06. The lowest BCUT2D eigenvalue weighted by molar-refractivity contribution is 0.355. The molecule has 0 unspecified atom stereocenters. The number of hydrogen-bond acceptors (Lipinski definition) is 8. The van der Waals surface area contributed by atoms with Crippen LogP contribution in [0.1, 0.15) is 11.3 Å². The molecule has 0 bridgehead atoms. The van der Waals surface area contributed by atoms with Gasteiger partial charge in [-0.1, -0.05) is 0 Å². The molecule has 0 radical (unpaired) electrons. The fraction of sp³-hybridized carbons (Fsp3) is 0.211. The highest BCUT2D eigenvalue weighted by molar-refractivity contribution is 7.22. The van der Waals surface area contributed by atoms with Crippen molar-refractivity contribution in [1.82, 2.24) is 15.2 Å². The summed E-state index contributed by atoms with van der Waals surface area (Å²) in [5.74, 6) is 1.97. The first kappa shape index (κ1) is 17.3. The molecule has 8 heteroatoms. The zero-order chi connectivity index (χ0) is 19.1. The van der Waals surface area contributed by atoms with Crippen molar-refractivity contribution < 1.29 is 13.9 Å². The summed E-state index contributed by atoms with van der Waals surface area (Å²) in [6.07, 6.45) is 0. The number of fused-ring (bicyclic) bond motifs is 1. The normalized spacial score (nSPS) is 11.1. The predicted molar refractivity (Wildman–Crippen MR) is 105 cm³/mol. The van der Waals surface area contributed by atoms with Gasteiger partial charge in [0.25, 0.3) is 5.89 Å². The van der Waals surface area contributed by atoms with Crippen LogP contribution < -0.4 is 15.2 Å². The Kier molecular flexibility index (Phi) is 4.19. The van der Waals surface area contributed by atoms with Crippen LogP contribution in [-0.2, 0) is 0 Å². The molecule has 0 saturated heterocycles. The van der Waals surface area contributed by atoms with Crippen LogP contribution in [0.3, 0.4) is 0 Å². The number of aromatic nitrogens is 3. The molecule has 7 nitrogen and oxygen atoms in total. The molecule has 1 aromatic carbocycles. The fourth-order valence-corrected chi connectivity index (χ4v) is 4.17. The van der Waals surface area contributed by atoms with Gasteiger partial charge in [0.15, 0.2) is 11.5 Å². The number of thiophene rings is 1. The highest BCUT2D eigenvalue weighted by atomic mass is 32.1. The molecule has 0 spiro atoms. The fourth-order valence-electron chi connectivity index (χ4n) is 3.03. The number of nitrogen functional groups attached to an aromatic ring is 1. The molecule has 3 heterocycles. The van der Waals surface area contributed by atoms with E-state index in [1.807, 2.05) is 26.0 Å². The monoisotopic (exact) mass is 382 g/mol. The van der Waals surface area contributed by atoms with E-state index in [1.165, 1.54) is 11.3 Å². The van der Waals surface area contributed by atoms with Gasteiger partial charge in [-0.05, 0) is 43.7 Å². The maximum Gasteiger partial charge on any atom is 0.260 e. The SMILES string of the molecule is COc1ccc(-c2nnc(-c3sc4nc(C)cc(C)c4c3N)o2)cc1OC. The van der Waals surface area contributed by atoms with E-state index in [2.05, 4.69) is 15.2 Å². The molecule has 138 valence electrons. The zero-order valence-corrected chi connectivity index (χ0v) is 16.2. The van der Waals surface area contributed by atoms with Crippen LogP contribution in [0.5, 0.6) is 11.5 Å². The summed E-state index contributed by atoms with van der Waals surface area (Å²) >= 11 is 1.45. The van der Waals surface area contributed by atoms with Crippen molar-refractivity contribution in [3.05, 3.63) is 35.5 Å². The third kappa shape index (κ3) is 2.87. The molecular formula is C19H18N4O3S. The summed E-state index contributed by atoms with van der Waals surface area (Å²) in [4.78, 5) is 6.16. The average Bonchev–Trinajstić information content (AvgIpc) is 3.26. The maximum absolute atomic E-state index is 6.36. The van der Waals surface area contributed by atoms with Gasteiger partial charge in [0.05, 0.1) is 19.9 Å².